The highest BCUT2D eigenvalue weighted by atomic mass is 16.6. The Morgan fingerprint density at radius 1 is 0.885 bits per heavy atom. The van der Waals surface area contributed by atoms with Crippen molar-refractivity contribution >= 4 is 5.97 Å². The SMILES string of the molecule is CCCCCCCCCCCCCCCC(=O)O[C@@H]1C=CC[C@@H](O)[C@@H]1O. The van der Waals surface area contributed by atoms with Crippen molar-refractivity contribution in [2.75, 3.05) is 0 Å². The van der Waals surface area contributed by atoms with E-state index >= 15 is 0 Å². The fourth-order valence-corrected chi connectivity index (χ4v) is 3.43. The number of aliphatic hydroxyl groups is 2. The average Bonchev–Trinajstić information content (AvgIpc) is 2.63. The first-order chi connectivity index (χ1) is 12.6. The predicted octanol–water partition coefficient (Wildman–Crippen LogP) is 5.06. The number of carbonyl (C=O) groups excluding carboxylic acids is 1. The summed E-state index contributed by atoms with van der Waals surface area (Å²) in [5, 5.41) is 19.4. The second-order valence-electron chi connectivity index (χ2n) is 7.67. The van der Waals surface area contributed by atoms with Crippen molar-refractivity contribution in [3.8, 4) is 0 Å². The van der Waals surface area contributed by atoms with E-state index in [0.29, 0.717) is 12.8 Å². The molecule has 0 aromatic heterocycles. The van der Waals surface area contributed by atoms with Gasteiger partial charge in [-0.15, -0.1) is 0 Å². The zero-order chi connectivity index (χ0) is 19.0. The van der Waals surface area contributed by atoms with Gasteiger partial charge in [0.25, 0.3) is 0 Å². The minimum Gasteiger partial charge on any atom is -0.455 e. The summed E-state index contributed by atoms with van der Waals surface area (Å²) < 4.78 is 5.25. The molecule has 0 spiro atoms. The lowest BCUT2D eigenvalue weighted by atomic mass is 9.99. The van der Waals surface area contributed by atoms with Gasteiger partial charge in [0.2, 0.25) is 0 Å². The van der Waals surface area contributed by atoms with Crippen LogP contribution >= 0.6 is 0 Å². The molecule has 4 heteroatoms. The summed E-state index contributed by atoms with van der Waals surface area (Å²) in [6.45, 7) is 2.26. The van der Waals surface area contributed by atoms with Crippen molar-refractivity contribution in [2.24, 2.45) is 0 Å². The molecule has 3 atom stereocenters. The quantitative estimate of drug-likeness (QED) is 0.241. The Kier molecular flexibility index (Phi) is 13.6. The standard InChI is InChI=1S/C22H40O4/c1-2-3-4-5-6-7-8-9-10-11-12-13-14-18-21(24)26-20-17-15-16-19(23)22(20)25/h15,17,19-20,22-23,25H,2-14,16,18H2,1H3/t19-,20-,22+/m1/s1. The smallest absolute Gasteiger partial charge is 0.306 e. The number of esters is 1. The average molecular weight is 369 g/mol. The number of rotatable bonds is 15. The molecule has 152 valence electrons. The van der Waals surface area contributed by atoms with Crippen LogP contribution < -0.4 is 0 Å². The largest absolute Gasteiger partial charge is 0.455 e. The molecule has 0 saturated carbocycles. The summed E-state index contributed by atoms with van der Waals surface area (Å²) in [7, 11) is 0. The maximum absolute atomic E-state index is 11.8. The van der Waals surface area contributed by atoms with Crippen LogP contribution in [0.4, 0.5) is 0 Å². The van der Waals surface area contributed by atoms with Crippen LogP contribution in [0.1, 0.15) is 103 Å². The number of aliphatic hydroxyl groups excluding tert-OH is 2. The van der Waals surface area contributed by atoms with E-state index in [1.54, 1.807) is 12.2 Å². The molecule has 0 heterocycles. The summed E-state index contributed by atoms with van der Waals surface area (Å²) in [5.74, 6) is -0.282. The van der Waals surface area contributed by atoms with E-state index in [9.17, 15) is 15.0 Å². The van der Waals surface area contributed by atoms with Gasteiger partial charge in [0.15, 0.2) is 0 Å². The van der Waals surface area contributed by atoms with E-state index in [-0.39, 0.29) is 5.97 Å². The predicted molar refractivity (Wildman–Crippen MR) is 106 cm³/mol. The van der Waals surface area contributed by atoms with Gasteiger partial charge in [-0.2, -0.15) is 0 Å². The number of ether oxygens (including phenoxy) is 1. The first-order valence-electron chi connectivity index (χ1n) is 10.9. The van der Waals surface area contributed by atoms with Gasteiger partial charge in [-0.1, -0.05) is 90.0 Å². The van der Waals surface area contributed by atoms with E-state index < -0.39 is 18.3 Å². The van der Waals surface area contributed by atoms with Gasteiger partial charge in [-0.3, -0.25) is 4.79 Å². The van der Waals surface area contributed by atoms with Crippen molar-refractivity contribution in [3.05, 3.63) is 12.2 Å². The lowest BCUT2D eigenvalue weighted by Crippen LogP contribution is -2.41. The summed E-state index contributed by atoms with van der Waals surface area (Å²) in [6.07, 6.45) is 18.3. The lowest BCUT2D eigenvalue weighted by molar-refractivity contribution is -0.156. The van der Waals surface area contributed by atoms with Crippen molar-refractivity contribution < 1.29 is 19.7 Å². The molecule has 0 aromatic rings. The van der Waals surface area contributed by atoms with Gasteiger partial charge >= 0.3 is 5.97 Å². The van der Waals surface area contributed by atoms with E-state index in [1.165, 1.54) is 70.6 Å². The summed E-state index contributed by atoms with van der Waals surface area (Å²) in [6, 6.07) is 0. The molecule has 0 radical (unpaired) electrons. The van der Waals surface area contributed by atoms with E-state index in [4.69, 9.17) is 4.74 Å². The topological polar surface area (TPSA) is 66.8 Å². The third-order valence-electron chi connectivity index (χ3n) is 5.19. The molecule has 0 amide bonds. The van der Waals surface area contributed by atoms with Gasteiger partial charge in [0.05, 0.1) is 6.10 Å². The first kappa shape index (κ1) is 23.2. The molecule has 4 nitrogen and oxygen atoms in total. The van der Waals surface area contributed by atoms with Crippen LogP contribution in [0.25, 0.3) is 0 Å². The minimum atomic E-state index is -1.00. The lowest BCUT2D eigenvalue weighted by Gasteiger charge is -2.27. The molecule has 2 N–H and O–H groups in total. The van der Waals surface area contributed by atoms with Gasteiger partial charge in [-0.05, 0) is 18.9 Å². The van der Waals surface area contributed by atoms with E-state index in [2.05, 4.69) is 6.92 Å². The monoisotopic (exact) mass is 368 g/mol. The number of unbranched alkanes of at least 4 members (excludes halogenated alkanes) is 12. The highest BCUT2D eigenvalue weighted by Crippen LogP contribution is 2.17. The fourth-order valence-electron chi connectivity index (χ4n) is 3.43. The molecule has 0 bridgehead atoms. The second-order valence-corrected chi connectivity index (χ2v) is 7.67. The van der Waals surface area contributed by atoms with Crippen molar-refractivity contribution in [1.29, 1.82) is 0 Å². The van der Waals surface area contributed by atoms with Crippen LogP contribution in [0.2, 0.25) is 0 Å². The van der Waals surface area contributed by atoms with Gasteiger partial charge in [0.1, 0.15) is 12.2 Å². The molecule has 0 aromatic carbocycles. The summed E-state index contributed by atoms with van der Waals surface area (Å²) >= 11 is 0. The van der Waals surface area contributed by atoms with Gasteiger partial charge in [-0.25, -0.2) is 0 Å². The van der Waals surface area contributed by atoms with Crippen LogP contribution in [-0.4, -0.2) is 34.5 Å². The maximum Gasteiger partial charge on any atom is 0.306 e. The summed E-state index contributed by atoms with van der Waals surface area (Å²) in [4.78, 5) is 11.8. The normalized spacial score (nSPS) is 22.5. The molecule has 1 aliphatic carbocycles. The Morgan fingerprint density at radius 3 is 1.92 bits per heavy atom. The molecule has 0 fully saturated rings. The molecular formula is C22H40O4. The van der Waals surface area contributed by atoms with Crippen molar-refractivity contribution in [3.63, 3.8) is 0 Å². The summed E-state index contributed by atoms with van der Waals surface area (Å²) in [5.41, 5.74) is 0. The highest BCUT2D eigenvalue weighted by Gasteiger charge is 2.29. The molecular weight excluding hydrogens is 328 g/mol. The Bertz CT molecular complexity index is 380. The van der Waals surface area contributed by atoms with E-state index in [0.717, 1.165) is 12.8 Å². The number of hydrogen-bond acceptors (Lipinski definition) is 4. The number of carbonyl (C=O) groups is 1. The third-order valence-corrected chi connectivity index (χ3v) is 5.19. The van der Waals surface area contributed by atoms with Crippen LogP contribution in [-0.2, 0) is 9.53 Å². The Morgan fingerprint density at radius 2 is 1.38 bits per heavy atom. The van der Waals surface area contributed by atoms with Gasteiger partial charge in [0, 0.05) is 6.42 Å². The van der Waals surface area contributed by atoms with Crippen molar-refractivity contribution in [2.45, 2.75) is 122 Å². The van der Waals surface area contributed by atoms with E-state index in [1.807, 2.05) is 0 Å². The molecule has 1 rings (SSSR count). The Balaban J connectivity index is 1.87. The zero-order valence-electron chi connectivity index (χ0n) is 16.7. The van der Waals surface area contributed by atoms with Crippen molar-refractivity contribution in [1.82, 2.24) is 0 Å². The van der Waals surface area contributed by atoms with Crippen LogP contribution in [0, 0.1) is 0 Å². The molecule has 26 heavy (non-hydrogen) atoms. The number of hydrogen-bond donors (Lipinski definition) is 2. The minimum absolute atomic E-state index is 0.282. The zero-order valence-corrected chi connectivity index (χ0v) is 16.7. The molecule has 0 aliphatic heterocycles. The fraction of sp³-hybridized carbons (Fsp3) is 0.864. The van der Waals surface area contributed by atoms with Crippen LogP contribution in [0.15, 0.2) is 12.2 Å². The molecule has 0 unspecified atom stereocenters. The maximum atomic E-state index is 11.8. The highest BCUT2D eigenvalue weighted by molar-refractivity contribution is 5.69. The Hall–Kier alpha value is -0.870. The first-order valence-corrected chi connectivity index (χ1v) is 10.9. The molecule has 0 saturated heterocycles. The third kappa shape index (κ3) is 11.0. The Labute approximate surface area is 160 Å². The van der Waals surface area contributed by atoms with Gasteiger partial charge < -0.3 is 14.9 Å². The van der Waals surface area contributed by atoms with Crippen LogP contribution in [0.3, 0.4) is 0 Å². The molecule has 1 aliphatic rings. The second kappa shape index (κ2) is 15.2. The van der Waals surface area contributed by atoms with Crippen LogP contribution in [0.5, 0.6) is 0 Å².